The summed E-state index contributed by atoms with van der Waals surface area (Å²) >= 11 is 3.33. The first kappa shape index (κ1) is 13.2. The van der Waals surface area contributed by atoms with Gasteiger partial charge in [0.05, 0.1) is 6.04 Å². The molecule has 1 atom stereocenters. The molecule has 0 aliphatic rings. The average molecular weight is 311 g/mol. The molecule has 2 heterocycles. The van der Waals surface area contributed by atoms with E-state index in [2.05, 4.69) is 38.0 Å². The Bertz CT molecular complexity index is 497. The molecule has 2 aromatic rings. The molecule has 0 fully saturated rings. The molecule has 0 bridgehead atoms. The minimum atomic E-state index is -0.193. The van der Waals surface area contributed by atoms with Crippen LogP contribution in [-0.2, 0) is 0 Å². The highest BCUT2D eigenvalue weighted by molar-refractivity contribution is 9.10. The maximum atomic E-state index is 5.97. The predicted molar refractivity (Wildman–Crippen MR) is 71.7 cm³/mol. The minimum Gasteiger partial charge on any atom is -0.337 e. The van der Waals surface area contributed by atoms with E-state index in [9.17, 15) is 0 Å². The lowest BCUT2D eigenvalue weighted by Gasteiger charge is -2.03. The van der Waals surface area contributed by atoms with E-state index >= 15 is 0 Å². The lowest BCUT2D eigenvalue weighted by Crippen LogP contribution is -2.10. The standard InChI is InChI=1S/C12H15BrN4O/c1-2-3-4-9(14)12-16-11(17-18-12)10-6-5-8(13)7-15-10/h5-7,9H,2-4,14H2,1H3/t9-/m0/s1. The van der Waals surface area contributed by atoms with E-state index in [1.165, 1.54) is 0 Å². The summed E-state index contributed by atoms with van der Waals surface area (Å²) in [7, 11) is 0. The first-order valence-corrected chi connectivity index (χ1v) is 6.71. The fourth-order valence-electron chi connectivity index (χ4n) is 1.55. The van der Waals surface area contributed by atoms with Crippen molar-refractivity contribution < 1.29 is 4.52 Å². The monoisotopic (exact) mass is 310 g/mol. The van der Waals surface area contributed by atoms with Gasteiger partial charge in [-0.05, 0) is 34.5 Å². The number of rotatable bonds is 5. The smallest absolute Gasteiger partial charge is 0.243 e. The summed E-state index contributed by atoms with van der Waals surface area (Å²) < 4.78 is 6.08. The van der Waals surface area contributed by atoms with Crippen molar-refractivity contribution in [1.82, 2.24) is 15.1 Å². The van der Waals surface area contributed by atoms with Gasteiger partial charge < -0.3 is 10.3 Å². The summed E-state index contributed by atoms with van der Waals surface area (Å²) in [5.41, 5.74) is 6.65. The molecule has 6 heteroatoms. The van der Waals surface area contributed by atoms with Crippen LogP contribution < -0.4 is 5.73 Å². The zero-order chi connectivity index (χ0) is 13.0. The Balaban J connectivity index is 2.12. The van der Waals surface area contributed by atoms with Crippen molar-refractivity contribution in [2.45, 2.75) is 32.2 Å². The van der Waals surface area contributed by atoms with Gasteiger partial charge in [0.1, 0.15) is 5.69 Å². The summed E-state index contributed by atoms with van der Waals surface area (Å²) in [6.45, 7) is 2.12. The van der Waals surface area contributed by atoms with E-state index in [4.69, 9.17) is 10.3 Å². The van der Waals surface area contributed by atoms with Crippen molar-refractivity contribution in [3.8, 4) is 11.5 Å². The fourth-order valence-corrected chi connectivity index (χ4v) is 1.78. The Morgan fingerprint density at radius 3 is 2.94 bits per heavy atom. The van der Waals surface area contributed by atoms with Gasteiger partial charge in [0.2, 0.25) is 11.7 Å². The van der Waals surface area contributed by atoms with Crippen LogP contribution in [0.25, 0.3) is 11.5 Å². The van der Waals surface area contributed by atoms with Crippen molar-refractivity contribution in [3.05, 3.63) is 28.7 Å². The molecular formula is C12H15BrN4O. The van der Waals surface area contributed by atoms with Crippen molar-refractivity contribution in [2.24, 2.45) is 5.73 Å². The number of unbranched alkanes of at least 4 members (excludes halogenated alkanes) is 1. The molecule has 18 heavy (non-hydrogen) atoms. The number of aromatic nitrogens is 3. The van der Waals surface area contributed by atoms with Crippen LogP contribution >= 0.6 is 15.9 Å². The maximum Gasteiger partial charge on any atom is 0.243 e. The molecule has 0 radical (unpaired) electrons. The molecule has 96 valence electrons. The van der Waals surface area contributed by atoms with Crippen LogP contribution in [0.5, 0.6) is 0 Å². The second kappa shape index (κ2) is 6.06. The van der Waals surface area contributed by atoms with Crippen molar-refractivity contribution >= 4 is 15.9 Å². The zero-order valence-corrected chi connectivity index (χ0v) is 11.7. The number of pyridine rings is 1. The number of halogens is 1. The van der Waals surface area contributed by atoms with Crippen molar-refractivity contribution in [2.75, 3.05) is 0 Å². The molecule has 0 unspecified atom stereocenters. The molecule has 0 aliphatic carbocycles. The number of hydrogen-bond acceptors (Lipinski definition) is 5. The number of hydrogen-bond donors (Lipinski definition) is 1. The van der Waals surface area contributed by atoms with Crippen molar-refractivity contribution in [3.63, 3.8) is 0 Å². The molecule has 0 aliphatic heterocycles. The molecule has 0 spiro atoms. The van der Waals surface area contributed by atoms with Gasteiger partial charge in [-0.25, -0.2) is 0 Å². The summed E-state index contributed by atoms with van der Waals surface area (Å²) in [5.74, 6) is 0.951. The predicted octanol–water partition coefficient (Wildman–Crippen LogP) is 3.08. The minimum absolute atomic E-state index is 0.193. The molecule has 0 saturated carbocycles. The third kappa shape index (κ3) is 3.14. The summed E-state index contributed by atoms with van der Waals surface area (Å²) in [6.07, 6.45) is 4.70. The Morgan fingerprint density at radius 1 is 1.44 bits per heavy atom. The van der Waals surface area contributed by atoms with E-state index in [0.29, 0.717) is 17.4 Å². The molecule has 2 N–H and O–H groups in total. The van der Waals surface area contributed by atoms with Crippen LogP contribution in [0, 0.1) is 0 Å². The average Bonchev–Trinajstić information content (AvgIpc) is 2.86. The van der Waals surface area contributed by atoms with Gasteiger partial charge in [0.25, 0.3) is 0 Å². The largest absolute Gasteiger partial charge is 0.337 e. The molecule has 0 amide bonds. The summed E-state index contributed by atoms with van der Waals surface area (Å²) in [6, 6.07) is 3.52. The van der Waals surface area contributed by atoms with Gasteiger partial charge in [-0.3, -0.25) is 4.98 Å². The molecule has 0 aromatic carbocycles. The topological polar surface area (TPSA) is 77.8 Å². The summed E-state index contributed by atoms with van der Waals surface area (Å²) in [5, 5.41) is 3.90. The normalized spacial score (nSPS) is 12.6. The van der Waals surface area contributed by atoms with Gasteiger partial charge in [-0.2, -0.15) is 4.98 Å². The van der Waals surface area contributed by atoms with Crippen LogP contribution in [0.2, 0.25) is 0 Å². The van der Waals surface area contributed by atoms with E-state index in [0.717, 1.165) is 23.7 Å². The van der Waals surface area contributed by atoms with E-state index in [1.807, 2.05) is 12.1 Å². The second-order valence-corrected chi connectivity index (χ2v) is 4.98. The molecular weight excluding hydrogens is 296 g/mol. The summed E-state index contributed by atoms with van der Waals surface area (Å²) in [4.78, 5) is 8.49. The zero-order valence-electron chi connectivity index (χ0n) is 10.1. The highest BCUT2D eigenvalue weighted by Gasteiger charge is 2.15. The fraction of sp³-hybridized carbons (Fsp3) is 0.417. The van der Waals surface area contributed by atoms with Crippen LogP contribution in [0.15, 0.2) is 27.3 Å². The molecule has 2 aromatic heterocycles. The van der Waals surface area contributed by atoms with E-state index < -0.39 is 0 Å². The van der Waals surface area contributed by atoms with Gasteiger partial charge in [0.15, 0.2) is 0 Å². The Hall–Kier alpha value is -1.27. The van der Waals surface area contributed by atoms with Gasteiger partial charge in [0, 0.05) is 10.7 Å². The van der Waals surface area contributed by atoms with Crippen LogP contribution in [0.4, 0.5) is 0 Å². The maximum absolute atomic E-state index is 5.97. The molecule has 5 nitrogen and oxygen atoms in total. The third-order valence-corrected chi connectivity index (χ3v) is 3.05. The van der Waals surface area contributed by atoms with Crippen LogP contribution in [0.1, 0.15) is 38.1 Å². The first-order chi connectivity index (χ1) is 8.70. The van der Waals surface area contributed by atoms with Crippen LogP contribution in [0.3, 0.4) is 0 Å². The van der Waals surface area contributed by atoms with Gasteiger partial charge in [-0.1, -0.05) is 24.9 Å². The Morgan fingerprint density at radius 2 is 2.28 bits per heavy atom. The van der Waals surface area contributed by atoms with Crippen molar-refractivity contribution in [1.29, 1.82) is 0 Å². The highest BCUT2D eigenvalue weighted by Crippen LogP contribution is 2.20. The Labute approximate surface area is 114 Å². The van der Waals surface area contributed by atoms with Gasteiger partial charge in [-0.15, -0.1) is 0 Å². The number of nitrogens with two attached hydrogens (primary N) is 1. The first-order valence-electron chi connectivity index (χ1n) is 5.92. The highest BCUT2D eigenvalue weighted by atomic mass is 79.9. The lowest BCUT2D eigenvalue weighted by molar-refractivity contribution is 0.346. The van der Waals surface area contributed by atoms with E-state index in [1.54, 1.807) is 6.20 Å². The Kier molecular flexibility index (Phi) is 4.43. The lowest BCUT2D eigenvalue weighted by atomic mass is 10.1. The van der Waals surface area contributed by atoms with Crippen LogP contribution in [-0.4, -0.2) is 15.1 Å². The van der Waals surface area contributed by atoms with Gasteiger partial charge >= 0.3 is 0 Å². The molecule has 2 rings (SSSR count). The quantitative estimate of drug-likeness (QED) is 0.918. The molecule has 0 saturated heterocycles. The van der Waals surface area contributed by atoms with E-state index in [-0.39, 0.29) is 6.04 Å². The SMILES string of the molecule is CCCC[C@H](N)c1nc(-c2ccc(Br)cn2)no1. The number of nitrogens with zero attached hydrogens (tertiary/aromatic N) is 3. The third-order valence-electron chi connectivity index (χ3n) is 2.58. The second-order valence-electron chi connectivity index (χ2n) is 4.07.